The average Bonchev–Trinajstić information content (AvgIpc) is 1.70. The first-order valence-electron chi connectivity index (χ1n) is 35.1. The molecular formula is C77H107N3O3. The molecule has 3 heterocycles. The quantitative estimate of drug-likeness (QED) is 0.0165. The minimum atomic E-state index is -0.137. The first-order valence-corrected chi connectivity index (χ1v) is 35.1. The van der Waals surface area contributed by atoms with Crippen LogP contribution in [0.15, 0.2) is 65.5 Å². The number of hydrogen-bond acceptors (Lipinski definition) is 4. The van der Waals surface area contributed by atoms with Gasteiger partial charge in [-0.25, -0.2) is 4.98 Å². The second kappa shape index (κ2) is 32.4. The molecule has 0 saturated carbocycles. The molecule has 0 saturated heterocycles. The van der Waals surface area contributed by atoms with Gasteiger partial charge in [0.15, 0.2) is 0 Å². The average molecular weight is 1120 g/mol. The van der Waals surface area contributed by atoms with E-state index in [4.69, 9.17) is 4.98 Å². The Morgan fingerprint density at radius 2 is 0.675 bits per heavy atom. The van der Waals surface area contributed by atoms with Crippen LogP contribution in [0.25, 0.3) is 70.5 Å². The predicted molar refractivity (Wildman–Crippen MR) is 358 cm³/mol. The van der Waals surface area contributed by atoms with E-state index in [-0.39, 0.29) is 23.4 Å². The van der Waals surface area contributed by atoms with E-state index in [0.717, 1.165) is 117 Å². The zero-order valence-electron chi connectivity index (χ0n) is 52.6. The Labute approximate surface area is 500 Å². The van der Waals surface area contributed by atoms with Crippen LogP contribution in [0.4, 0.5) is 0 Å². The number of unbranched alkanes of at least 4 members (excludes halogenated alkanes) is 34. The molecule has 0 aliphatic carbocycles. The number of amides is 2. The highest BCUT2D eigenvalue weighted by Crippen LogP contribution is 2.47. The number of pyridine rings is 1. The minimum Gasteiger partial charge on any atom is -0.271 e. The summed E-state index contributed by atoms with van der Waals surface area (Å²) in [5.41, 5.74) is 6.64. The first kappa shape index (κ1) is 62.4. The number of carbonyl (C=O) groups is 2. The molecule has 6 nitrogen and oxygen atoms in total. The van der Waals surface area contributed by atoms with Crippen molar-refractivity contribution in [2.75, 3.05) is 0 Å². The van der Waals surface area contributed by atoms with Gasteiger partial charge in [-0.1, -0.05) is 283 Å². The molecule has 0 radical (unpaired) electrons. The molecule has 2 aromatic heterocycles. The Bertz CT molecular complexity index is 3270. The monoisotopic (exact) mass is 1120 g/mol. The summed E-state index contributed by atoms with van der Waals surface area (Å²) in [6.45, 7) is 9.14. The molecule has 0 atom stereocenters. The maximum Gasteiger partial charge on any atom is 0.264 e. The number of carbonyl (C=O) groups excluding carboxylic acids is 2. The van der Waals surface area contributed by atoms with Gasteiger partial charge in [0.2, 0.25) is 0 Å². The summed E-state index contributed by atoms with van der Waals surface area (Å²) in [5.74, 6) is -0.274. The number of fused-ring (bicyclic) bond motifs is 6. The van der Waals surface area contributed by atoms with Crippen LogP contribution in [0.5, 0.6) is 0 Å². The normalized spacial score (nSPS) is 13.1. The van der Waals surface area contributed by atoms with E-state index in [1.165, 1.54) is 229 Å². The van der Waals surface area contributed by atoms with Gasteiger partial charge in [0.25, 0.3) is 17.4 Å². The molecule has 9 rings (SSSR count). The summed E-state index contributed by atoms with van der Waals surface area (Å²) in [4.78, 5) is 52.4. The van der Waals surface area contributed by atoms with Crippen molar-refractivity contribution >= 4 is 82.4 Å². The third kappa shape index (κ3) is 15.1. The predicted octanol–water partition coefficient (Wildman–Crippen LogP) is 23.2. The van der Waals surface area contributed by atoms with Crippen LogP contribution in [-0.4, -0.2) is 32.1 Å². The number of aromatic nitrogens is 2. The van der Waals surface area contributed by atoms with Crippen molar-refractivity contribution in [1.82, 2.24) is 14.3 Å². The van der Waals surface area contributed by atoms with Crippen LogP contribution in [-0.2, 0) is 12.8 Å². The fourth-order valence-electron chi connectivity index (χ4n) is 14.9. The molecule has 6 aromatic carbocycles. The lowest BCUT2D eigenvalue weighted by Gasteiger charge is -2.35. The van der Waals surface area contributed by atoms with Gasteiger partial charge in [0.05, 0.1) is 11.0 Å². The van der Waals surface area contributed by atoms with E-state index >= 15 is 14.4 Å². The van der Waals surface area contributed by atoms with E-state index in [2.05, 4.69) is 70.2 Å². The van der Waals surface area contributed by atoms with Crippen molar-refractivity contribution in [2.24, 2.45) is 0 Å². The summed E-state index contributed by atoms with van der Waals surface area (Å²) < 4.78 is 1.92. The third-order valence-corrected chi connectivity index (χ3v) is 19.7. The molecule has 0 fully saturated rings. The molecule has 448 valence electrons. The smallest absolute Gasteiger partial charge is 0.264 e. The lowest BCUT2D eigenvalue weighted by Crippen LogP contribution is -2.47. The number of aryl methyl sites for hydroxylation is 2. The largest absolute Gasteiger partial charge is 0.271 e. The maximum absolute atomic E-state index is 15.2. The summed E-state index contributed by atoms with van der Waals surface area (Å²) in [7, 11) is 0. The number of nitrogens with zero attached hydrogens (tertiary/aromatic N) is 3. The van der Waals surface area contributed by atoms with E-state index < -0.39 is 0 Å². The van der Waals surface area contributed by atoms with Crippen LogP contribution >= 0.6 is 0 Å². The fraction of sp³-hybridized carbons (Fsp3) is 0.610. The van der Waals surface area contributed by atoms with Crippen molar-refractivity contribution in [1.29, 1.82) is 0 Å². The maximum atomic E-state index is 15.2. The second-order valence-corrected chi connectivity index (χ2v) is 26.1. The number of rotatable bonds is 43. The van der Waals surface area contributed by atoms with Gasteiger partial charge in [0, 0.05) is 38.7 Å². The van der Waals surface area contributed by atoms with Gasteiger partial charge in [-0.3, -0.25) is 23.7 Å². The Balaban J connectivity index is 0.991. The number of imidazole rings is 1. The molecule has 8 aromatic rings. The lowest BCUT2D eigenvalue weighted by atomic mass is 9.83. The zero-order chi connectivity index (χ0) is 57.8. The Kier molecular flexibility index (Phi) is 24.4. The van der Waals surface area contributed by atoms with Gasteiger partial charge in [-0.05, 0) is 118 Å². The van der Waals surface area contributed by atoms with Crippen LogP contribution in [0.3, 0.4) is 0 Å². The highest BCUT2D eigenvalue weighted by Gasteiger charge is 2.38. The number of benzene rings is 6. The highest BCUT2D eigenvalue weighted by atomic mass is 16.2. The minimum absolute atomic E-state index is 0.0160. The standard InChI is InChI=1S/C77H107N3O3/c1-5-9-13-17-21-25-29-31-35-39-43-57-55-68-69(56-58(57)44-40-36-32-30-26-22-18-14-10-6-2)80-74(78-68)64-51-47-60-62-49-53-66-73-67(54-50-63(71(62)73)61-48-52-65(77(80)83)72(64)70(60)61)76(82)79(75(66)81)59(45-41-37-33-27-23-19-15-11-7-3)46-42-38-34-28-24-20-16-12-8-4/h47-56,59H,5-46H2,1-4H3. The molecule has 0 N–H and O–H groups in total. The van der Waals surface area contributed by atoms with E-state index in [1.807, 2.05) is 22.6 Å². The highest BCUT2D eigenvalue weighted by molar-refractivity contribution is 6.41. The summed E-state index contributed by atoms with van der Waals surface area (Å²) in [6.07, 6.45) is 52.8. The zero-order valence-corrected chi connectivity index (χ0v) is 52.6. The summed E-state index contributed by atoms with van der Waals surface area (Å²) in [5, 5.41) is 9.60. The number of imide groups is 1. The van der Waals surface area contributed by atoms with Crippen molar-refractivity contribution in [3.05, 3.63) is 93.3 Å². The molecule has 0 bridgehead atoms. The van der Waals surface area contributed by atoms with Crippen LogP contribution in [0.1, 0.15) is 316 Å². The van der Waals surface area contributed by atoms with Crippen LogP contribution < -0.4 is 5.56 Å². The topological polar surface area (TPSA) is 71.8 Å². The first-order chi connectivity index (χ1) is 40.9. The molecule has 2 amide bonds. The molecule has 1 aliphatic rings. The van der Waals surface area contributed by atoms with Crippen LogP contribution in [0.2, 0.25) is 0 Å². The molecule has 0 spiro atoms. The van der Waals surface area contributed by atoms with Crippen molar-refractivity contribution in [3.63, 3.8) is 0 Å². The van der Waals surface area contributed by atoms with E-state index in [0.29, 0.717) is 16.5 Å². The molecule has 6 heteroatoms. The summed E-state index contributed by atoms with van der Waals surface area (Å²) >= 11 is 0. The Morgan fingerprint density at radius 3 is 1.10 bits per heavy atom. The van der Waals surface area contributed by atoms with Crippen molar-refractivity contribution in [3.8, 4) is 0 Å². The van der Waals surface area contributed by atoms with E-state index in [1.54, 1.807) is 4.90 Å². The van der Waals surface area contributed by atoms with E-state index in [9.17, 15) is 0 Å². The molecule has 1 aliphatic heterocycles. The molecule has 83 heavy (non-hydrogen) atoms. The lowest BCUT2D eigenvalue weighted by molar-refractivity contribution is 0.0517. The van der Waals surface area contributed by atoms with Gasteiger partial charge in [0.1, 0.15) is 5.65 Å². The van der Waals surface area contributed by atoms with Crippen molar-refractivity contribution in [2.45, 2.75) is 303 Å². The SMILES string of the molecule is CCCCCCCCCCCCc1cc2nc3c4ccc5c6ccc7c8c(ccc(c9ccc(c(=O)n3c2cc1CCCCCCCCCCCC)c4c95)c86)C(=O)N(C(CCCCCCCCCCC)CCCCCCCCCCC)C7=O. The van der Waals surface area contributed by atoms with Gasteiger partial charge < -0.3 is 0 Å². The van der Waals surface area contributed by atoms with Gasteiger partial charge in [-0.2, -0.15) is 0 Å². The Hall–Kier alpha value is -5.10. The third-order valence-electron chi connectivity index (χ3n) is 19.7. The number of hydrogen-bond donors (Lipinski definition) is 0. The molecule has 0 unspecified atom stereocenters. The van der Waals surface area contributed by atoms with Gasteiger partial charge >= 0.3 is 0 Å². The van der Waals surface area contributed by atoms with Gasteiger partial charge in [-0.15, -0.1) is 0 Å². The van der Waals surface area contributed by atoms with Crippen molar-refractivity contribution < 1.29 is 9.59 Å². The summed E-state index contributed by atoms with van der Waals surface area (Å²) in [6, 6.07) is 21.4. The molecular weight excluding hydrogens is 1010 g/mol. The Morgan fingerprint density at radius 1 is 0.349 bits per heavy atom. The second-order valence-electron chi connectivity index (χ2n) is 26.1. The van der Waals surface area contributed by atoms with Crippen LogP contribution in [0, 0.1) is 0 Å². The fourth-order valence-corrected chi connectivity index (χ4v) is 14.9.